The number of fused-ring (bicyclic) bond motifs is 5. The van der Waals surface area contributed by atoms with Gasteiger partial charge in [-0.15, -0.1) is 0 Å². The van der Waals surface area contributed by atoms with Crippen LogP contribution in [0.1, 0.15) is 84.1 Å². The molecule has 5 heteroatoms. The number of ketones is 1. The van der Waals surface area contributed by atoms with Gasteiger partial charge in [0.15, 0.2) is 5.78 Å². The molecule has 0 aliphatic heterocycles. The summed E-state index contributed by atoms with van der Waals surface area (Å²) < 4.78 is 1.65. The Hall–Kier alpha value is -1.62. The minimum Gasteiger partial charge on any atom is -0.508 e. The summed E-state index contributed by atoms with van der Waals surface area (Å²) in [7, 11) is 0. The summed E-state index contributed by atoms with van der Waals surface area (Å²) in [5.41, 5.74) is 0.537. The van der Waals surface area contributed by atoms with Crippen LogP contribution in [0.4, 0.5) is 0 Å². The number of aromatic nitrogens is 2. The fourth-order valence-electron chi connectivity index (χ4n) is 8.83. The van der Waals surface area contributed by atoms with E-state index in [2.05, 4.69) is 25.5 Å². The van der Waals surface area contributed by atoms with Crippen LogP contribution in [0, 0.1) is 40.4 Å². The predicted molar refractivity (Wildman–Crippen MR) is 125 cm³/mol. The molecule has 8 atom stereocenters. The fourth-order valence-corrected chi connectivity index (χ4v) is 8.83. The van der Waals surface area contributed by atoms with Gasteiger partial charge in [-0.05, 0) is 99.2 Å². The Morgan fingerprint density at radius 1 is 1.09 bits per heavy atom. The molecule has 1 aromatic rings. The van der Waals surface area contributed by atoms with E-state index in [1.54, 1.807) is 17.1 Å². The van der Waals surface area contributed by atoms with E-state index in [0.717, 1.165) is 43.9 Å². The smallest absolute Gasteiger partial charge is 0.157 e. The summed E-state index contributed by atoms with van der Waals surface area (Å²) in [6.07, 6.45) is 13.4. The number of nitrogens with zero attached hydrogens (tertiary/aromatic N) is 2. The topological polar surface area (TPSA) is 75.4 Å². The molecule has 4 fully saturated rings. The van der Waals surface area contributed by atoms with E-state index in [4.69, 9.17) is 0 Å². The number of aliphatic hydroxyl groups excluding tert-OH is 1. The minimum absolute atomic E-state index is 0.0109. The third-order valence-corrected chi connectivity index (χ3v) is 10.6. The van der Waals surface area contributed by atoms with Crippen molar-refractivity contribution in [3.05, 3.63) is 24.5 Å². The molecule has 0 amide bonds. The van der Waals surface area contributed by atoms with Gasteiger partial charge in [-0.3, -0.25) is 9.48 Å². The molecule has 4 saturated carbocycles. The third-order valence-electron chi connectivity index (χ3n) is 10.6. The van der Waals surface area contributed by atoms with Gasteiger partial charge in [-0.1, -0.05) is 20.4 Å². The number of carbonyl (C=O) groups excluding carboxylic acids is 1. The van der Waals surface area contributed by atoms with Crippen LogP contribution in [0.15, 0.2) is 19.0 Å². The number of aliphatic hydroxyl groups is 2. The fraction of sp³-hybridized carbons (Fsp3) is 0.778. The molecule has 4 aliphatic carbocycles. The summed E-state index contributed by atoms with van der Waals surface area (Å²) in [6, 6.07) is 0. The number of hydrogen-bond donors (Lipinski definition) is 2. The lowest BCUT2D eigenvalue weighted by Crippen LogP contribution is -2.55. The maximum absolute atomic E-state index is 13.4. The highest BCUT2D eigenvalue weighted by atomic mass is 16.3. The van der Waals surface area contributed by atoms with Crippen LogP contribution in [0.5, 0.6) is 0 Å². The van der Waals surface area contributed by atoms with Gasteiger partial charge in [-0.2, -0.15) is 5.10 Å². The highest BCUT2D eigenvalue weighted by Crippen LogP contribution is 2.68. The molecule has 0 radical (unpaired) electrons. The zero-order valence-electron chi connectivity index (χ0n) is 20.0. The molecule has 32 heavy (non-hydrogen) atoms. The van der Waals surface area contributed by atoms with Crippen molar-refractivity contribution >= 4 is 11.5 Å². The Morgan fingerprint density at radius 2 is 1.84 bits per heavy atom. The average molecular weight is 441 g/mol. The lowest BCUT2D eigenvalue weighted by molar-refractivity contribution is -0.151. The van der Waals surface area contributed by atoms with E-state index in [-0.39, 0.29) is 23.6 Å². The maximum Gasteiger partial charge on any atom is 0.157 e. The zero-order chi connectivity index (χ0) is 22.9. The Bertz CT molecular complexity index is 920. The van der Waals surface area contributed by atoms with Crippen molar-refractivity contribution in [1.82, 2.24) is 9.78 Å². The Balaban J connectivity index is 1.32. The second-order valence-corrected chi connectivity index (χ2v) is 12.4. The monoisotopic (exact) mass is 440 g/mol. The van der Waals surface area contributed by atoms with Gasteiger partial charge in [0.2, 0.25) is 0 Å². The van der Waals surface area contributed by atoms with Crippen molar-refractivity contribution in [2.75, 3.05) is 0 Å². The van der Waals surface area contributed by atoms with Crippen molar-refractivity contribution in [1.29, 1.82) is 0 Å². The predicted octanol–water partition coefficient (Wildman–Crippen LogP) is 5.39. The van der Waals surface area contributed by atoms with Crippen molar-refractivity contribution < 1.29 is 15.0 Å². The number of carbonyl (C=O) groups is 1. The largest absolute Gasteiger partial charge is 0.508 e. The van der Waals surface area contributed by atoms with Crippen LogP contribution in [0.25, 0.3) is 5.76 Å². The summed E-state index contributed by atoms with van der Waals surface area (Å²) >= 11 is 0. The van der Waals surface area contributed by atoms with E-state index in [0.29, 0.717) is 28.6 Å². The third kappa shape index (κ3) is 3.38. The van der Waals surface area contributed by atoms with Gasteiger partial charge in [0.25, 0.3) is 0 Å². The molecule has 0 saturated heterocycles. The zero-order valence-corrected chi connectivity index (χ0v) is 20.0. The first-order valence-corrected chi connectivity index (χ1v) is 12.7. The van der Waals surface area contributed by atoms with Crippen molar-refractivity contribution in [3.8, 4) is 0 Å². The summed E-state index contributed by atoms with van der Waals surface area (Å²) in [4.78, 5) is 13.4. The molecule has 0 spiro atoms. The van der Waals surface area contributed by atoms with Crippen molar-refractivity contribution in [2.45, 2.75) is 90.7 Å². The van der Waals surface area contributed by atoms with Gasteiger partial charge in [-0.25, -0.2) is 0 Å². The summed E-state index contributed by atoms with van der Waals surface area (Å²) in [5, 5.41) is 24.5. The molecule has 4 aliphatic rings. The van der Waals surface area contributed by atoms with E-state index >= 15 is 0 Å². The standard InChI is InChI=1S/C27H40N2O3/c1-17(30)18-14-28-29(15-18)16-24(31)23-8-7-21-20-6-5-19-13-25(2,32)11-12-26(19,3)22(20)9-10-27(21,23)4/h14-15,19-23,30,32H,1,5-13,16H2,2-4H3/t19-,20-,21-,22-,23+,25+,26-,27-/m0/s1. The lowest BCUT2D eigenvalue weighted by atomic mass is 9.44. The van der Waals surface area contributed by atoms with Crippen LogP contribution in [0.3, 0.4) is 0 Å². The summed E-state index contributed by atoms with van der Waals surface area (Å²) in [5.74, 6) is 3.14. The second-order valence-electron chi connectivity index (χ2n) is 12.4. The molecule has 1 aromatic heterocycles. The first kappa shape index (κ1) is 22.2. The van der Waals surface area contributed by atoms with Gasteiger partial charge in [0.05, 0.1) is 23.9 Å². The molecule has 1 heterocycles. The highest BCUT2D eigenvalue weighted by Gasteiger charge is 2.61. The number of Topliss-reactive ketones (excluding diaryl/α,β-unsaturated/α-hetero) is 1. The first-order chi connectivity index (χ1) is 15.0. The van der Waals surface area contributed by atoms with Crippen molar-refractivity contribution in [2.24, 2.45) is 40.4 Å². The van der Waals surface area contributed by atoms with E-state index in [9.17, 15) is 15.0 Å². The van der Waals surface area contributed by atoms with Gasteiger partial charge in [0, 0.05) is 12.1 Å². The van der Waals surface area contributed by atoms with Crippen LogP contribution < -0.4 is 0 Å². The molecule has 5 nitrogen and oxygen atoms in total. The minimum atomic E-state index is -0.486. The molecular formula is C27H40N2O3. The Morgan fingerprint density at radius 3 is 2.56 bits per heavy atom. The molecule has 0 bridgehead atoms. The van der Waals surface area contributed by atoms with Crippen molar-refractivity contribution in [3.63, 3.8) is 0 Å². The maximum atomic E-state index is 13.4. The van der Waals surface area contributed by atoms with E-state index < -0.39 is 5.60 Å². The summed E-state index contributed by atoms with van der Waals surface area (Å²) in [6.45, 7) is 10.8. The highest BCUT2D eigenvalue weighted by molar-refractivity contribution is 5.82. The van der Waals surface area contributed by atoms with Crippen LogP contribution in [0.2, 0.25) is 0 Å². The molecule has 0 unspecified atom stereocenters. The quantitative estimate of drug-likeness (QED) is 0.616. The van der Waals surface area contributed by atoms with Crippen LogP contribution >= 0.6 is 0 Å². The second kappa shape index (κ2) is 7.44. The normalized spacial score (nSPS) is 45.6. The van der Waals surface area contributed by atoms with Crippen LogP contribution in [-0.2, 0) is 11.3 Å². The molecule has 5 rings (SSSR count). The first-order valence-electron chi connectivity index (χ1n) is 12.7. The van der Waals surface area contributed by atoms with Crippen LogP contribution in [-0.4, -0.2) is 31.4 Å². The molecule has 176 valence electrons. The number of hydrogen-bond acceptors (Lipinski definition) is 4. The molecule has 2 N–H and O–H groups in total. The van der Waals surface area contributed by atoms with Gasteiger partial charge >= 0.3 is 0 Å². The number of rotatable bonds is 4. The Labute approximate surface area is 192 Å². The lowest BCUT2D eigenvalue weighted by Gasteiger charge is -2.61. The Kier molecular flexibility index (Phi) is 5.16. The SMILES string of the molecule is C=C(O)c1cnn(CC(=O)[C@H]2CC[C@H]3[C@@H]4CC[C@H]5C[C@](C)(O)CC[C@]5(C)[C@H]4CC[C@]23C)c1. The molecule has 0 aromatic carbocycles. The van der Waals surface area contributed by atoms with E-state index in [1.165, 1.54) is 25.7 Å². The van der Waals surface area contributed by atoms with Gasteiger partial charge < -0.3 is 10.2 Å². The van der Waals surface area contributed by atoms with Gasteiger partial charge in [0.1, 0.15) is 5.76 Å². The average Bonchev–Trinajstić information content (AvgIpc) is 3.32. The van der Waals surface area contributed by atoms with E-state index in [1.807, 2.05) is 6.92 Å². The molecular weight excluding hydrogens is 400 g/mol.